The van der Waals surface area contributed by atoms with Crippen molar-refractivity contribution >= 4 is 11.7 Å². The Morgan fingerprint density at radius 2 is 1.84 bits per heavy atom. The van der Waals surface area contributed by atoms with Gasteiger partial charge in [-0.25, -0.2) is 11.0 Å². The summed E-state index contributed by atoms with van der Waals surface area (Å²) in [6.07, 6.45) is 3.98. The van der Waals surface area contributed by atoms with Crippen LogP contribution in [0.15, 0.2) is 48.5 Å². The first-order chi connectivity index (χ1) is 18.4. The lowest BCUT2D eigenvalue weighted by Crippen LogP contribution is -2.54. The number of carbonyl (C=O) groups excluding carboxylic acids is 1. The van der Waals surface area contributed by atoms with Gasteiger partial charge in [-0.2, -0.15) is 0 Å². The minimum atomic E-state index is -0.882. The molecule has 1 unspecified atom stereocenters. The summed E-state index contributed by atoms with van der Waals surface area (Å²) in [5.74, 6) is 0.855. The van der Waals surface area contributed by atoms with Crippen LogP contribution in [0.1, 0.15) is 44.6 Å². The van der Waals surface area contributed by atoms with Crippen LogP contribution in [0.2, 0.25) is 0 Å². The third-order valence-corrected chi connectivity index (χ3v) is 8.93. The molecule has 2 aliphatic heterocycles. The molecular formula is C31H38FN3O3. The number of methoxy groups -OCH3 is 1. The predicted molar refractivity (Wildman–Crippen MR) is 145 cm³/mol. The first-order valence-corrected chi connectivity index (χ1v) is 13.9. The molecule has 1 aliphatic carbocycles. The van der Waals surface area contributed by atoms with Crippen LogP contribution in [0.3, 0.4) is 0 Å². The number of hydrogen-bond acceptors (Lipinski definition) is 5. The lowest BCUT2D eigenvalue weighted by molar-refractivity contribution is -0.149. The smallest absolute Gasteiger partial charge is 0.302 e. The Kier molecular flexibility index (Phi) is 7.90. The van der Waals surface area contributed by atoms with E-state index in [0.29, 0.717) is 5.92 Å². The van der Waals surface area contributed by atoms with Gasteiger partial charge in [-0.15, -0.1) is 0 Å². The molecule has 0 amide bonds. The molecule has 2 aromatic rings. The molecule has 3 aliphatic rings. The number of likely N-dealkylation sites (tertiary alicyclic amines) is 1. The molecule has 2 heterocycles. The first-order valence-electron chi connectivity index (χ1n) is 13.9. The lowest BCUT2D eigenvalue weighted by atomic mass is 9.65. The van der Waals surface area contributed by atoms with E-state index in [4.69, 9.17) is 16.0 Å². The van der Waals surface area contributed by atoms with E-state index in [1.54, 1.807) is 13.2 Å². The van der Waals surface area contributed by atoms with Gasteiger partial charge in [-0.1, -0.05) is 12.1 Å². The van der Waals surface area contributed by atoms with Crippen molar-refractivity contribution in [3.05, 3.63) is 71.3 Å². The maximum Gasteiger partial charge on any atom is 0.302 e. The van der Waals surface area contributed by atoms with Crippen LogP contribution in [-0.4, -0.2) is 56.8 Å². The highest BCUT2D eigenvalue weighted by molar-refractivity contribution is 5.66. The van der Waals surface area contributed by atoms with Crippen molar-refractivity contribution < 1.29 is 18.7 Å². The van der Waals surface area contributed by atoms with Crippen molar-refractivity contribution in [1.82, 2.24) is 4.90 Å². The summed E-state index contributed by atoms with van der Waals surface area (Å²) in [6.45, 7) is 14.9. The fourth-order valence-corrected chi connectivity index (χ4v) is 7.12. The van der Waals surface area contributed by atoms with Crippen LogP contribution >= 0.6 is 0 Å². The molecule has 2 aromatic carbocycles. The first kappa shape index (κ1) is 26.5. The highest BCUT2D eigenvalue weighted by Crippen LogP contribution is 2.52. The number of hydrogen-bond donors (Lipinski definition) is 0. The number of halogens is 1. The van der Waals surface area contributed by atoms with Gasteiger partial charge in [0, 0.05) is 49.6 Å². The summed E-state index contributed by atoms with van der Waals surface area (Å²) >= 11 is 0. The van der Waals surface area contributed by atoms with E-state index in [1.807, 2.05) is 18.2 Å². The molecule has 1 saturated carbocycles. The van der Waals surface area contributed by atoms with Crippen molar-refractivity contribution in [2.45, 2.75) is 50.7 Å². The second kappa shape index (κ2) is 11.3. The van der Waals surface area contributed by atoms with Crippen LogP contribution in [0.25, 0.3) is 4.85 Å². The third kappa shape index (κ3) is 5.24. The molecule has 5 rings (SSSR count). The van der Waals surface area contributed by atoms with E-state index in [1.165, 1.54) is 24.7 Å². The average molecular weight is 520 g/mol. The zero-order chi connectivity index (χ0) is 26.7. The normalized spacial score (nSPS) is 24.3. The van der Waals surface area contributed by atoms with E-state index < -0.39 is 5.54 Å². The topological polar surface area (TPSA) is 46.4 Å². The van der Waals surface area contributed by atoms with Crippen molar-refractivity contribution in [2.75, 3.05) is 44.7 Å². The summed E-state index contributed by atoms with van der Waals surface area (Å²) in [7, 11) is 1.68. The van der Waals surface area contributed by atoms with E-state index in [2.05, 4.69) is 26.8 Å². The number of benzene rings is 2. The van der Waals surface area contributed by atoms with Crippen LogP contribution in [0.5, 0.6) is 5.75 Å². The average Bonchev–Trinajstić information content (AvgIpc) is 3.35. The standard InChI is InChI=1S/C31H38FN3O3/c1-22(36)38-30-9-5-8-29(30)31(33-2,25-6-4-7-26(32)18-25)24-14-16-34(17-15-24)19-23-20-35(21-23)27-10-12-28(37-3)13-11-27/h4,6-7,10-13,18,23-24,29-30H,5,8-9,14-17,19-21H2,1,3H3/t29-,30-,31?/m1/s1. The van der Waals surface area contributed by atoms with E-state index in [0.717, 1.165) is 76.1 Å². The zero-order valence-electron chi connectivity index (χ0n) is 22.4. The molecule has 0 bridgehead atoms. The Labute approximate surface area is 225 Å². The van der Waals surface area contributed by atoms with Gasteiger partial charge < -0.3 is 24.1 Å². The quantitative estimate of drug-likeness (QED) is 0.339. The van der Waals surface area contributed by atoms with Gasteiger partial charge in [0.2, 0.25) is 0 Å². The minimum absolute atomic E-state index is 0.0939. The van der Waals surface area contributed by atoms with Gasteiger partial charge in [0.25, 0.3) is 5.54 Å². The second-order valence-electron chi connectivity index (χ2n) is 11.2. The monoisotopic (exact) mass is 519 g/mol. The summed E-state index contributed by atoms with van der Waals surface area (Å²) in [5, 5.41) is 0. The van der Waals surface area contributed by atoms with Crippen molar-refractivity contribution in [2.24, 2.45) is 17.8 Å². The highest BCUT2D eigenvalue weighted by atomic mass is 19.1. The molecule has 7 heteroatoms. The largest absolute Gasteiger partial charge is 0.497 e. The Hall–Kier alpha value is -3.11. The number of esters is 1. The number of piperidine rings is 1. The van der Waals surface area contributed by atoms with Crippen molar-refractivity contribution in [1.29, 1.82) is 0 Å². The Bertz CT molecular complexity index is 1150. The van der Waals surface area contributed by atoms with Gasteiger partial charge in [0.1, 0.15) is 17.7 Å². The molecule has 202 valence electrons. The Balaban J connectivity index is 1.25. The number of rotatable bonds is 8. The summed E-state index contributed by atoms with van der Waals surface area (Å²) < 4.78 is 25.4. The van der Waals surface area contributed by atoms with Crippen LogP contribution in [0, 0.1) is 30.1 Å². The molecule has 38 heavy (non-hydrogen) atoms. The molecule has 0 radical (unpaired) electrons. The van der Waals surface area contributed by atoms with Gasteiger partial charge in [-0.05, 0) is 81.6 Å². The lowest BCUT2D eigenvalue weighted by Gasteiger charge is -2.46. The van der Waals surface area contributed by atoms with Gasteiger partial charge >= 0.3 is 5.97 Å². The molecule has 6 nitrogen and oxygen atoms in total. The zero-order valence-corrected chi connectivity index (χ0v) is 22.4. The summed E-state index contributed by atoms with van der Waals surface area (Å²) in [5.41, 5.74) is 1.09. The molecular weight excluding hydrogens is 481 g/mol. The third-order valence-electron chi connectivity index (χ3n) is 8.93. The molecule has 0 spiro atoms. The van der Waals surface area contributed by atoms with Gasteiger partial charge in [0.15, 0.2) is 0 Å². The van der Waals surface area contributed by atoms with Crippen molar-refractivity contribution in [3.8, 4) is 5.75 Å². The van der Waals surface area contributed by atoms with E-state index in [-0.39, 0.29) is 29.7 Å². The summed E-state index contributed by atoms with van der Waals surface area (Å²) in [6, 6.07) is 14.8. The Morgan fingerprint density at radius 1 is 1.11 bits per heavy atom. The predicted octanol–water partition coefficient (Wildman–Crippen LogP) is 5.53. The van der Waals surface area contributed by atoms with E-state index >= 15 is 0 Å². The van der Waals surface area contributed by atoms with Crippen LogP contribution in [0.4, 0.5) is 10.1 Å². The van der Waals surface area contributed by atoms with Gasteiger partial charge in [-0.3, -0.25) is 4.79 Å². The van der Waals surface area contributed by atoms with E-state index in [9.17, 15) is 9.18 Å². The minimum Gasteiger partial charge on any atom is -0.497 e. The number of carbonyl (C=O) groups is 1. The fraction of sp³-hybridized carbons (Fsp3) is 0.548. The van der Waals surface area contributed by atoms with Crippen LogP contribution in [-0.2, 0) is 15.1 Å². The van der Waals surface area contributed by atoms with Crippen molar-refractivity contribution in [3.63, 3.8) is 0 Å². The SMILES string of the molecule is [C-]#[N+]C(c1cccc(F)c1)(C1CCN(CC2CN(c3ccc(OC)cc3)C2)CC1)[C@@H]1CCC[C@H]1OC(C)=O. The fourth-order valence-electron chi connectivity index (χ4n) is 7.12. The molecule has 0 N–H and O–H groups in total. The maximum atomic E-state index is 14.4. The molecule has 0 aromatic heterocycles. The molecule has 3 atom stereocenters. The second-order valence-corrected chi connectivity index (χ2v) is 11.2. The van der Waals surface area contributed by atoms with Gasteiger partial charge in [0.05, 0.1) is 13.0 Å². The maximum absolute atomic E-state index is 14.4. The Morgan fingerprint density at radius 3 is 2.47 bits per heavy atom. The molecule has 3 fully saturated rings. The van der Waals surface area contributed by atoms with Crippen LogP contribution < -0.4 is 9.64 Å². The number of anilines is 1. The number of nitrogens with zero attached hydrogens (tertiary/aromatic N) is 3. The summed E-state index contributed by atoms with van der Waals surface area (Å²) in [4.78, 5) is 21.1. The molecule has 2 saturated heterocycles. The number of ether oxygens (including phenoxy) is 2. The highest BCUT2D eigenvalue weighted by Gasteiger charge is 2.58.